The maximum Gasteiger partial charge on any atom is 0.168 e. The van der Waals surface area contributed by atoms with E-state index in [2.05, 4.69) is 21.4 Å². The molecule has 0 radical (unpaired) electrons. The van der Waals surface area contributed by atoms with Gasteiger partial charge in [-0.3, -0.25) is 4.98 Å². The normalized spacial score (nSPS) is 10.5. The van der Waals surface area contributed by atoms with Gasteiger partial charge in [0.2, 0.25) is 0 Å². The van der Waals surface area contributed by atoms with Gasteiger partial charge in [0, 0.05) is 12.4 Å². The Labute approximate surface area is 87.9 Å². The van der Waals surface area contributed by atoms with Crippen LogP contribution in [0.15, 0.2) is 18.5 Å². The summed E-state index contributed by atoms with van der Waals surface area (Å²) in [6.45, 7) is 4.57. The standard InChI is InChI=1S/C10H13N5/c1-7-3-9(5-12-4-7)6-15-8(2)10(11)13-14-15/h3-5H,6,11H2,1-2H3. The number of nitrogens with zero attached hydrogens (tertiary/aromatic N) is 4. The number of aromatic nitrogens is 4. The van der Waals surface area contributed by atoms with Crippen LogP contribution in [0.2, 0.25) is 0 Å². The molecule has 0 saturated heterocycles. The summed E-state index contributed by atoms with van der Waals surface area (Å²) in [5.74, 6) is 0.482. The van der Waals surface area contributed by atoms with Gasteiger partial charge in [0.25, 0.3) is 0 Å². The Kier molecular flexibility index (Phi) is 2.37. The van der Waals surface area contributed by atoms with Gasteiger partial charge < -0.3 is 5.73 Å². The number of nitrogen functional groups attached to an aromatic ring is 1. The van der Waals surface area contributed by atoms with Gasteiger partial charge in [-0.15, -0.1) is 5.10 Å². The molecule has 0 spiro atoms. The quantitative estimate of drug-likeness (QED) is 0.788. The Hall–Kier alpha value is -1.91. The van der Waals surface area contributed by atoms with Gasteiger partial charge in [-0.1, -0.05) is 11.3 Å². The van der Waals surface area contributed by atoms with Crippen molar-refractivity contribution in [3.63, 3.8) is 0 Å². The lowest BCUT2D eigenvalue weighted by molar-refractivity contribution is 0.631. The van der Waals surface area contributed by atoms with Crippen molar-refractivity contribution >= 4 is 5.82 Å². The lowest BCUT2D eigenvalue weighted by Crippen LogP contribution is -2.04. The monoisotopic (exact) mass is 203 g/mol. The topological polar surface area (TPSA) is 69.6 Å². The van der Waals surface area contributed by atoms with Crippen molar-refractivity contribution in [2.75, 3.05) is 5.73 Å². The minimum atomic E-state index is 0.482. The third kappa shape index (κ3) is 1.96. The van der Waals surface area contributed by atoms with Crippen LogP contribution in [0.5, 0.6) is 0 Å². The van der Waals surface area contributed by atoms with E-state index in [1.54, 1.807) is 4.68 Å². The highest BCUT2D eigenvalue weighted by molar-refractivity contribution is 5.31. The van der Waals surface area contributed by atoms with Crippen LogP contribution < -0.4 is 5.73 Å². The predicted octanol–water partition coefficient (Wildman–Crippen LogP) is 0.920. The Morgan fingerprint density at radius 1 is 1.33 bits per heavy atom. The van der Waals surface area contributed by atoms with Crippen LogP contribution in [0.4, 0.5) is 5.82 Å². The largest absolute Gasteiger partial charge is 0.381 e. The minimum Gasteiger partial charge on any atom is -0.381 e. The molecule has 2 aromatic rings. The Bertz CT molecular complexity index is 474. The highest BCUT2D eigenvalue weighted by Crippen LogP contribution is 2.08. The fourth-order valence-corrected chi connectivity index (χ4v) is 1.40. The van der Waals surface area contributed by atoms with Crippen molar-refractivity contribution in [3.05, 3.63) is 35.3 Å². The molecule has 15 heavy (non-hydrogen) atoms. The second-order valence-corrected chi connectivity index (χ2v) is 3.59. The molecular formula is C10H13N5. The zero-order chi connectivity index (χ0) is 10.8. The van der Waals surface area contributed by atoms with Crippen molar-refractivity contribution in [1.29, 1.82) is 0 Å². The van der Waals surface area contributed by atoms with Crippen LogP contribution >= 0.6 is 0 Å². The zero-order valence-electron chi connectivity index (χ0n) is 8.81. The molecule has 2 N–H and O–H groups in total. The summed E-state index contributed by atoms with van der Waals surface area (Å²) in [5.41, 5.74) is 8.74. The van der Waals surface area contributed by atoms with E-state index in [1.807, 2.05) is 26.2 Å². The third-order valence-corrected chi connectivity index (χ3v) is 2.28. The molecule has 0 amide bonds. The maximum absolute atomic E-state index is 5.61. The molecule has 2 heterocycles. The first kappa shape index (κ1) is 9.64. The summed E-state index contributed by atoms with van der Waals surface area (Å²) >= 11 is 0. The number of anilines is 1. The molecule has 2 rings (SSSR count). The molecule has 0 fully saturated rings. The highest BCUT2D eigenvalue weighted by Gasteiger charge is 2.05. The van der Waals surface area contributed by atoms with Gasteiger partial charge in [-0.2, -0.15) is 0 Å². The van der Waals surface area contributed by atoms with Crippen LogP contribution in [0.1, 0.15) is 16.8 Å². The number of hydrogen-bond donors (Lipinski definition) is 1. The van der Waals surface area contributed by atoms with Crippen LogP contribution in [-0.2, 0) is 6.54 Å². The van der Waals surface area contributed by atoms with Crippen LogP contribution in [0, 0.1) is 13.8 Å². The van der Waals surface area contributed by atoms with Gasteiger partial charge in [0.15, 0.2) is 5.82 Å². The van der Waals surface area contributed by atoms with Gasteiger partial charge in [-0.25, -0.2) is 4.68 Å². The van der Waals surface area contributed by atoms with Crippen LogP contribution in [-0.4, -0.2) is 20.0 Å². The number of pyridine rings is 1. The van der Waals surface area contributed by atoms with E-state index in [-0.39, 0.29) is 0 Å². The van der Waals surface area contributed by atoms with Gasteiger partial charge in [0.1, 0.15) is 0 Å². The SMILES string of the molecule is Cc1cncc(Cn2nnc(N)c2C)c1. The molecule has 0 aliphatic carbocycles. The molecule has 5 nitrogen and oxygen atoms in total. The Morgan fingerprint density at radius 3 is 2.73 bits per heavy atom. The molecule has 0 aliphatic rings. The lowest BCUT2D eigenvalue weighted by Gasteiger charge is -2.03. The van der Waals surface area contributed by atoms with E-state index in [0.717, 1.165) is 16.8 Å². The summed E-state index contributed by atoms with van der Waals surface area (Å²) in [4.78, 5) is 4.12. The van der Waals surface area contributed by atoms with Gasteiger partial charge in [0.05, 0.1) is 12.2 Å². The smallest absolute Gasteiger partial charge is 0.168 e. The summed E-state index contributed by atoms with van der Waals surface area (Å²) in [7, 11) is 0. The third-order valence-electron chi connectivity index (χ3n) is 2.28. The fourth-order valence-electron chi connectivity index (χ4n) is 1.40. The van der Waals surface area contributed by atoms with Crippen molar-refractivity contribution in [2.24, 2.45) is 0 Å². The highest BCUT2D eigenvalue weighted by atomic mass is 15.4. The molecule has 78 valence electrons. The first-order valence-corrected chi connectivity index (χ1v) is 4.73. The molecule has 0 saturated carbocycles. The fraction of sp³-hybridized carbons (Fsp3) is 0.300. The Morgan fingerprint density at radius 2 is 2.13 bits per heavy atom. The first-order valence-electron chi connectivity index (χ1n) is 4.73. The van der Waals surface area contributed by atoms with Crippen molar-refractivity contribution in [2.45, 2.75) is 20.4 Å². The second-order valence-electron chi connectivity index (χ2n) is 3.59. The van der Waals surface area contributed by atoms with Gasteiger partial charge >= 0.3 is 0 Å². The lowest BCUT2D eigenvalue weighted by atomic mass is 10.2. The molecular weight excluding hydrogens is 190 g/mol. The average molecular weight is 203 g/mol. The Balaban J connectivity index is 2.26. The van der Waals surface area contributed by atoms with E-state index in [1.165, 1.54) is 0 Å². The average Bonchev–Trinajstić information content (AvgIpc) is 2.50. The number of nitrogens with two attached hydrogens (primary N) is 1. The van der Waals surface area contributed by atoms with Crippen molar-refractivity contribution < 1.29 is 0 Å². The first-order chi connectivity index (χ1) is 7.16. The second kappa shape index (κ2) is 3.68. The summed E-state index contributed by atoms with van der Waals surface area (Å²) in [5, 5.41) is 7.76. The van der Waals surface area contributed by atoms with E-state index < -0.39 is 0 Å². The van der Waals surface area contributed by atoms with Crippen LogP contribution in [0.3, 0.4) is 0 Å². The van der Waals surface area contributed by atoms with E-state index >= 15 is 0 Å². The molecule has 0 atom stereocenters. The summed E-state index contributed by atoms with van der Waals surface area (Å²) < 4.78 is 1.77. The summed E-state index contributed by atoms with van der Waals surface area (Å²) in [6, 6.07) is 2.07. The number of aryl methyl sites for hydroxylation is 1. The van der Waals surface area contributed by atoms with E-state index in [0.29, 0.717) is 12.4 Å². The zero-order valence-corrected chi connectivity index (χ0v) is 8.81. The molecule has 0 aliphatic heterocycles. The molecule has 0 unspecified atom stereocenters. The minimum absolute atomic E-state index is 0.482. The molecule has 2 aromatic heterocycles. The van der Waals surface area contributed by atoms with E-state index in [9.17, 15) is 0 Å². The van der Waals surface area contributed by atoms with Crippen LogP contribution in [0.25, 0.3) is 0 Å². The molecule has 5 heteroatoms. The van der Waals surface area contributed by atoms with E-state index in [4.69, 9.17) is 5.73 Å². The summed E-state index contributed by atoms with van der Waals surface area (Å²) in [6.07, 6.45) is 3.65. The van der Waals surface area contributed by atoms with Gasteiger partial charge in [-0.05, 0) is 25.0 Å². The number of hydrogen-bond acceptors (Lipinski definition) is 4. The predicted molar refractivity (Wildman–Crippen MR) is 57.2 cm³/mol. The molecule has 0 bridgehead atoms. The number of rotatable bonds is 2. The molecule has 0 aromatic carbocycles. The van der Waals surface area contributed by atoms with Crippen molar-refractivity contribution in [1.82, 2.24) is 20.0 Å². The van der Waals surface area contributed by atoms with Crippen molar-refractivity contribution in [3.8, 4) is 0 Å². The maximum atomic E-state index is 5.61.